The van der Waals surface area contributed by atoms with Crippen molar-refractivity contribution in [1.82, 2.24) is 9.97 Å². The summed E-state index contributed by atoms with van der Waals surface area (Å²) in [6.45, 7) is 0. The topological polar surface area (TPSA) is 49.6 Å². The fraction of sp³-hybridized carbons (Fsp3) is 0. The molecule has 0 unspecified atom stereocenters. The lowest BCUT2D eigenvalue weighted by Crippen LogP contribution is -1.86. The van der Waals surface area contributed by atoms with Crippen molar-refractivity contribution >= 4 is 55.7 Å². The van der Waals surface area contributed by atoms with Crippen LogP contribution in [0.25, 0.3) is 32.8 Å². The fourth-order valence-electron chi connectivity index (χ4n) is 2.49. The van der Waals surface area contributed by atoms with Crippen molar-refractivity contribution in [2.45, 2.75) is 0 Å². The summed E-state index contributed by atoms with van der Waals surface area (Å²) in [6, 6.07) is 19.8. The third-order valence-electron chi connectivity index (χ3n) is 3.65. The summed E-state index contributed by atoms with van der Waals surface area (Å²) in [6.07, 6.45) is 1.75. The van der Waals surface area contributed by atoms with Crippen molar-refractivity contribution in [2.75, 3.05) is 0 Å². The number of nitriles is 1. The van der Waals surface area contributed by atoms with Crippen LogP contribution in [0.2, 0.25) is 5.15 Å². The Bertz CT molecular complexity index is 1110. The minimum absolute atomic E-state index is 0.377. The van der Waals surface area contributed by atoms with Crippen LogP contribution in [0.1, 0.15) is 10.6 Å². The standard InChI is InChI=1S/C19H10ClN3S/c20-18-13(9-12-5-1-2-6-15(12)22-18)10-14(11-21)19-23-16-7-3-4-8-17(16)24-19/h1-10H/b14-10+. The summed E-state index contributed by atoms with van der Waals surface area (Å²) < 4.78 is 1.05. The molecule has 4 aromatic rings. The minimum atomic E-state index is 0.377. The number of thiazole rings is 1. The average Bonchev–Trinajstić information content (AvgIpc) is 3.03. The lowest BCUT2D eigenvalue weighted by molar-refractivity contribution is 1.39. The third kappa shape index (κ3) is 2.65. The second-order valence-corrected chi connectivity index (χ2v) is 6.61. The average molecular weight is 348 g/mol. The molecule has 0 bridgehead atoms. The predicted octanol–water partition coefficient (Wildman–Crippen LogP) is 5.56. The van der Waals surface area contributed by atoms with E-state index in [4.69, 9.17) is 11.6 Å². The molecule has 0 saturated heterocycles. The van der Waals surface area contributed by atoms with Gasteiger partial charge in [-0.05, 0) is 30.3 Å². The summed E-state index contributed by atoms with van der Waals surface area (Å²) in [5.74, 6) is 0. The zero-order valence-electron chi connectivity index (χ0n) is 12.4. The Kier molecular flexibility index (Phi) is 3.73. The Balaban J connectivity index is 1.85. The van der Waals surface area contributed by atoms with Crippen LogP contribution in [-0.4, -0.2) is 9.97 Å². The SMILES string of the molecule is N#C/C(=C\c1cc2ccccc2nc1Cl)c1nc2ccccc2s1. The number of pyridine rings is 1. The van der Waals surface area contributed by atoms with Gasteiger partial charge in [0.05, 0.1) is 21.3 Å². The van der Waals surface area contributed by atoms with Crippen molar-refractivity contribution in [3.8, 4) is 6.07 Å². The Labute approximate surface area is 147 Å². The minimum Gasteiger partial charge on any atom is -0.235 e. The lowest BCUT2D eigenvalue weighted by atomic mass is 10.1. The van der Waals surface area contributed by atoms with Crippen LogP contribution in [0.3, 0.4) is 0 Å². The summed E-state index contributed by atoms with van der Waals surface area (Å²) in [4.78, 5) is 8.93. The van der Waals surface area contributed by atoms with Gasteiger partial charge in [0.1, 0.15) is 16.2 Å². The van der Waals surface area contributed by atoms with E-state index in [1.807, 2.05) is 54.6 Å². The van der Waals surface area contributed by atoms with Crippen LogP contribution >= 0.6 is 22.9 Å². The van der Waals surface area contributed by atoms with Crippen LogP contribution in [0.4, 0.5) is 0 Å². The van der Waals surface area contributed by atoms with Gasteiger partial charge in [-0.1, -0.05) is 41.9 Å². The molecule has 0 atom stereocenters. The Morgan fingerprint density at radius 1 is 1.04 bits per heavy atom. The molecule has 0 radical (unpaired) electrons. The maximum Gasteiger partial charge on any atom is 0.137 e. The van der Waals surface area contributed by atoms with Crippen molar-refractivity contribution in [2.24, 2.45) is 0 Å². The van der Waals surface area contributed by atoms with Crippen molar-refractivity contribution in [1.29, 1.82) is 5.26 Å². The molecule has 2 heterocycles. The zero-order valence-corrected chi connectivity index (χ0v) is 14.0. The number of rotatable bonds is 2. The highest BCUT2D eigenvalue weighted by Crippen LogP contribution is 2.30. The van der Waals surface area contributed by atoms with E-state index in [0.717, 1.165) is 21.1 Å². The Morgan fingerprint density at radius 2 is 1.79 bits per heavy atom. The maximum absolute atomic E-state index is 9.55. The number of hydrogen-bond acceptors (Lipinski definition) is 4. The number of aromatic nitrogens is 2. The van der Waals surface area contributed by atoms with Gasteiger partial charge in [0.25, 0.3) is 0 Å². The molecule has 0 aliphatic rings. The molecule has 24 heavy (non-hydrogen) atoms. The van der Waals surface area contributed by atoms with Gasteiger partial charge in [-0.2, -0.15) is 5.26 Å². The van der Waals surface area contributed by atoms with E-state index in [0.29, 0.717) is 21.3 Å². The molecular weight excluding hydrogens is 338 g/mol. The highest BCUT2D eigenvalue weighted by molar-refractivity contribution is 7.19. The maximum atomic E-state index is 9.55. The van der Waals surface area contributed by atoms with Gasteiger partial charge in [0, 0.05) is 10.9 Å². The lowest BCUT2D eigenvalue weighted by Gasteiger charge is -2.02. The first-order valence-electron chi connectivity index (χ1n) is 7.27. The highest BCUT2D eigenvalue weighted by atomic mass is 35.5. The number of nitrogens with zero attached hydrogens (tertiary/aromatic N) is 3. The van der Waals surface area contributed by atoms with Gasteiger partial charge in [0.2, 0.25) is 0 Å². The second kappa shape index (κ2) is 6.04. The van der Waals surface area contributed by atoms with Gasteiger partial charge in [-0.3, -0.25) is 0 Å². The molecule has 2 aromatic carbocycles. The van der Waals surface area contributed by atoms with Gasteiger partial charge in [-0.15, -0.1) is 11.3 Å². The largest absolute Gasteiger partial charge is 0.235 e. The molecule has 0 amide bonds. The first kappa shape index (κ1) is 14.8. The second-order valence-electron chi connectivity index (χ2n) is 5.22. The monoisotopic (exact) mass is 347 g/mol. The number of hydrogen-bond donors (Lipinski definition) is 0. The first-order valence-corrected chi connectivity index (χ1v) is 8.47. The number of fused-ring (bicyclic) bond motifs is 2. The summed E-state index contributed by atoms with van der Waals surface area (Å²) >= 11 is 7.78. The normalized spacial score (nSPS) is 11.8. The van der Waals surface area contributed by atoms with E-state index < -0.39 is 0 Å². The van der Waals surface area contributed by atoms with E-state index in [-0.39, 0.29) is 0 Å². The summed E-state index contributed by atoms with van der Waals surface area (Å²) in [5.41, 5.74) is 2.92. The van der Waals surface area contributed by atoms with Crippen LogP contribution in [-0.2, 0) is 0 Å². The number of para-hydroxylation sites is 2. The van der Waals surface area contributed by atoms with Gasteiger partial charge < -0.3 is 0 Å². The molecule has 114 valence electrons. The van der Waals surface area contributed by atoms with Gasteiger partial charge >= 0.3 is 0 Å². The number of benzene rings is 2. The third-order valence-corrected chi connectivity index (χ3v) is 5.02. The van der Waals surface area contributed by atoms with E-state index >= 15 is 0 Å². The van der Waals surface area contributed by atoms with Gasteiger partial charge in [-0.25, -0.2) is 9.97 Å². The molecular formula is C19H10ClN3S. The molecule has 2 aromatic heterocycles. The van der Waals surface area contributed by atoms with Crippen molar-refractivity contribution in [3.05, 3.63) is 70.3 Å². The Morgan fingerprint density at radius 3 is 2.58 bits per heavy atom. The quantitative estimate of drug-likeness (QED) is 0.352. The molecule has 0 spiro atoms. The molecule has 0 N–H and O–H groups in total. The molecule has 3 nitrogen and oxygen atoms in total. The van der Waals surface area contributed by atoms with E-state index in [1.165, 1.54) is 11.3 Å². The van der Waals surface area contributed by atoms with Crippen molar-refractivity contribution in [3.63, 3.8) is 0 Å². The molecule has 0 aliphatic heterocycles. The van der Waals surface area contributed by atoms with E-state index in [1.54, 1.807) is 6.08 Å². The molecule has 5 heteroatoms. The summed E-state index contributed by atoms with van der Waals surface area (Å²) in [7, 11) is 0. The van der Waals surface area contributed by atoms with Crippen LogP contribution in [0, 0.1) is 11.3 Å². The van der Waals surface area contributed by atoms with Gasteiger partial charge in [0.15, 0.2) is 0 Å². The number of halogens is 1. The smallest absolute Gasteiger partial charge is 0.137 e. The van der Waals surface area contributed by atoms with Crippen LogP contribution < -0.4 is 0 Å². The highest BCUT2D eigenvalue weighted by Gasteiger charge is 2.10. The van der Waals surface area contributed by atoms with E-state index in [2.05, 4.69) is 16.0 Å². The summed E-state index contributed by atoms with van der Waals surface area (Å²) in [5, 5.41) is 11.6. The Hall–Kier alpha value is -2.74. The van der Waals surface area contributed by atoms with Crippen LogP contribution in [0.15, 0.2) is 54.6 Å². The fourth-order valence-corrected chi connectivity index (χ4v) is 3.63. The zero-order chi connectivity index (χ0) is 16.5. The molecule has 0 aliphatic carbocycles. The van der Waals surface area contributed by atoms with Crippen molar-refractivity contribution < 1.29 is 0 Å². The molecule has 0 saturated carbocycles. The molecule has 0 fully saturated rings. The molecule has 4 rings (SSSR count). The predicted molar refractivity (Wildman–Crippen MR) is 99.9 cm³/mol. The number of allylic oxidation sites excluding steroid dienone is 1. The van der Waals surface area contributed by atoms with Crippen LogP contribution in [0.5, 0.6) is 0 Å². The van der Waals surface area contributed by atoms with E-state index in [9.17, 15) is 5.26 Å². The first-order chi connectivity index (χ1) is 11.7.